The summed E-state index contributed by atoms with van der Waals surface area (Å²) < 4.78 is 21.7. The predicted octanol–water partition coefficient (Wildman–Crippen LogP) is 2.56. The average Bonchev–Trinajstić information content (AvgIpc) is 3.40. The van der Waals surface area contributed by atoms with Crippen LogP contribution in [-0.2, 0) is 0 Å². The third-order valence-electron chi connectivity index (χ3n) is 4.17. The van der Waals surface area contributed by atoms with Crippen LogP contribution in [0.3, 0.4) is 0 Å². The van der Waals surface area contributed by atoms with Gasteiger partial charge in [0.1, 0.15) is 16.7 Å². The van der Waals surface area contributed by atoms with Crippen LogP contribution in [0.5, 0.6) is 5.75 Å². The molecule has 1 aliphatic rings. The highest BCUT2D eigenvalue weighted by molar-refractivity contribution is 6.37. The van der Waals surface area contributed by atoms with Gasteiger partial charge in [0.25, 0.3) is 0 Å². The molecule has 1 atom stereocenters. The first-order valence-electron chi connectivity index (χ1n) is 7.73. The van der Waals surface area contributed by atoms with E-state index in [0.717, 1.165) is 12.8 Å². The number of benzene rings is 1. The van der Waals surface area contributed by atoms with Crippen molar-refractivity contribution in [2.45, 2.75) is 31.9 Å². The number of aromatic carboxylic acids is 1. The van der Waals surface area contributed by atoms with Gasteiger partial charge in [-0.15, -0.1) is 12.4 Å². The zero-order valence-electron chi connectivity index (χ0n) is 13.8. The van der Waals surface area contributed by atoms with Gasteiger partial charge in [-0.3, -0.25) is 4.79 Å². The highest BCUT2D eigenvalue weighted by Crippen LogP contribution is 2.44. The Balaban J connectivity index is 0.00000243. The summed E-state index contributed by atoms with van der Waals surface area (Å²) in [6.45, 7) is 1.76. The molecule has 1 aliphatic carbocycles. The van der Waals surface area contributed by atoms with Gasteiger partial charge >= 0.3 is 5.97 Å². The van der Waals surface area contributed by atoms with Crippen molar-refractivity contribution < 1.29 is 19.0 Å². The standard InChI is InChI=1S/C16H17ClFN3O4.ClH/c1-6(4-19)25-15-10(17)13-9(12(20)11(15)18)14(22)8(16(23)24)5-21(13)7-2-3-7;/h5-7H,2-4,19-20H2,1H3,(H,23,24);1H. The number of fused-ring (bicyclic) bond motifs is 1. The monoisotopic (exact) mass is 405 g/mol. The van der Waals surface area contributed by atoms with E-state index >= 15 is 0 Å². The van der Waals surface area contributed by atoms with Gasteiger partial charge in [0.2, 0.25) is 5.43 Å². The highest BCUT2D eigenvalue weighted by Gasteiger charge is 2.31. The molecular weight excluding hydrogens is 388 g/mol. The molecule has 0 bridgehead atoms. The van der Waals surface area contributed by atoms with Crippen molar-refractivity contribution >= 4 is 46.6 Å². The number of nitrogen functional groups attached to an aromatic ring is 1. The molecule has 26 heavy (non-hydrogen) atoms. The van der Waals surface area contributed by atoms with Crippen molar-refractivity contribution in [2.75, 3.05) is 12.3 Å². The number of anilines is 1. The second-order valence-electron chi connectivity index (χ2n) is 6.07. The van der Waals surface area contributed by atoms with Crippen LogP contribution in [0.15, 0.2) is 11.0 Å². The number of carboxylic acid groups (broad SMARTS) is 1. The quantitative estimate of drug-likeness (QED) is 0.657. The van der Waals surface area contributed by atoms with Gasteiger partial charge in [0.05, 0.1) is 16.6 Å². The number of carboxylic acids is 1. The van der Waals surface area contributed by atoms with E-state index < -0.39 is 34.6 Å². The fourth-order valence-corrected chi connectivity index (χ4v) is 3.01. The Morgan fingerprint density at radius 3 is 2.65 bits per heavy atom. The van der Waals surface area contributed by atoms with Crippen LogP contribution in [0.25, 0.3) is 10.9 Å². The van der Waals surface area contributed by atoms with E-state index in [1.54, 1.807) is 11.5 Å². The van der Waals surface area contributed by atoms with Crippen molar-refractivity contribution in [1.29, 1.82) is 0 Å². The minimum atomic E-state index is -1.41. The molecule has 10 heteroatoms. The normalized spacial score (nSPS) is 14.8. The average molecular weight is 406 g/mol. The SMILES string of the molecule is CC(CN)Oc1c(F)c(N)c2c(=O)c(C(=O)O)cn(C3CC3)c2c1Cl.Cl. The van der Waals surface area contributed by atoms with E-state index in [-0.39, 0.29) is 46.7 Å². The van der Waals surface area contributed by atoms with Crippen LogP contribution in [0, 0.1) is 5.82 Å². The smallest absolute Gasteiger partial charge is 0.341 e. The highest BCUT2D eigenvalue weighted by atomic mass is 35.5. The third-order valence-corrected chi connectivity index (χ3v) is 4.52. The number of ether oxygens (including phenoxy) is 1. The third kappa shape index (κ3) is 3.20. The lowest BCUT2D eigenvalue weighted by Gasteiger charge is -2.20. The number of carbonyl (C=O) groups is 1. The number of halogens is 3. The minimum Gasteiger partial charge on any atom is -0.485 e. The largest absolute Gasteiger partial charge is 0.485 e. The van der Waals surface area contributed by atoms with Crippen LogP contribution in [0.1, 0.15) is 36.2 Å². The summed E-state index contributed by atoms with van der Waals surface area (Å²) in [7, 11) is 0. The molecule has 2 aromatic rings. The maximum Gasteiger partial charge on any atom is 0.341 e. The molecule has 0 radical (unpaired) electrons. The Morgan fingerprint density at radius 2 is 2.15 bits per heavy atom. The summed E-state index contributed by atoms with van der Waals surface area (Å²) in [5.41, 5.74) is 9.64. The zero-order chi connectivity index (χ0) is 18.5. The summed E-state index contributed by atoms with van der Waals surface area (Å²) in [4.78, 5) is 23.9. The summed E-state index contributed by atoms with van der Waals surface area (Å²) in [5, 5.41) is 8.90. The molecule has 1 heterocycles. The van der Waals surface area contributed by atoms with Crippen LogP contribution < -0.4 is 21.6 Å². The topological polar surface area (TPSA) is 121 Å². The number of nitrogens with zero attached hydrogens (tertiary/aromatic N) is 1. The van der Waals surface area contributed by atoms with Crippen LogP contribution >= 0.6 is 24.0 Å². The van der Waals surface area contributed by atoms with E-state index in [9.17, 15) is 19.1 Å². The molecule has 1 aromatic heterocycles. The van der Waals surface area contributed by atoms with Gasteiger partial charge in [-0.1, -0.05) is 11.6 Å². The van der Waals surface area contributed by atoms with E-state index in [0.29, 0.717) is 0 Å². The first-order chi connectivity index (χ1) is 11.8. The Hall–Kier alpha value is -2.03. The van der Waals surface area contributed by atoms with E-state index in [1.165, 1.54) is 6.20 Å². The van der Waals surface area contributed by atoms with Crippen molar-refractivity contribution in [2.24, 2.45) is 5.73 Å². The van der Waals surface area contributed by atoms with E-state index in [4.69, 9.17) is 27.8 Å². The van der Waals surface area contributed by atoms with Gasteiger partial charge < -0.3 is 25.9 Å². The summed E-state index contributed by atoms with van der Waals surface area (Å²) in [6.07, 6.45) is 2.28. The molecule has 0 spiro atoms. The molecule has 1 aromatic carbocycles. The number of rotatable bonds is 5. The lowest BCUT2D eigenvalue weighted by molar-refractivity contribution is 0.0695. The van der Waals surface area contributed by atoms with Gasteiger partial charge in [-0.05, 0) is 19.8 Å². The fourth-order valence-electron chi connectivity index (χ4n) is 2.69. The maximum atomic E-state index is 14.7. The van der Waals surface area contributed by atoms with Gasteiger partial charge in [0, 0.05) is 18.8 Å². The Labute approximate surface area is 159 Å². The molecule has 0 aliphatic heterocycles. The molecule has 3 rings (SSSR count). The molecule has 0 amide bonds. The predicted molar refractivity (Wildman–Crippen MR) is 99.2 cm³/mol. The molecule has 5 N–H and O–H groups in total. The molecule has 7 nitrogen and oxygen atoms in total. The molecule has 1 saturated carbocycles. The van der Waals surface area contributed by atoms with Gasteiger partial charge in [0.15, 0.2) is 11.6 Å². The van der Waals surface area contributed by atoms with Gasteiger partial charge in [-0.2, -0.15) is 0 Å². The lowest BCUT2D eigenvalue weighted by Crippen LogP contribution is -2.25. The first kappa shape index (κ1) is 20.3. The zero-order valence-corrected chi connectivity index (χ0v) is 15.4. The van der Waals surface area contributed by atoms with E-state index in [1.807, 2.05) is 0 Å². The summed E-state index contributed by atoms with van der Waals surface area (Å²) in [5.74, 6) is -2.70. The Bertz CT molecular complexity index is 944. The number of hydrogen-bond donors (Lipinski definition) is 3. The maximum absolute atomic E-state index is 14.7. The van der Waals surface area contributed by atoms with Gasteiger partial charge in [-0.25, -0.2) is 9.18 Å². The van der Waals surface area contributed by atoms with Crippen molar-refractivity contribution in [3.05, 3.63) is 32.8 Å². The molecule has 1 unspecified atom stereocenters. The summed E-state index contributed by atoms with van der Waals surface area (Å²) >= 11 is 6.33. The summed E-state index contributed by atoms with van der Waals surface area (Å²) in [6, 6.07) is -0.0247. The van der Waals surface area contributed by atoms with Crippen molar-refractivity contribution in [3.8, 4) is 5.75 Å². The van der Waals surface area contributed by atoms with Crippen LogP contribution in [0.2, 0.25) is 5.02 Å². The Kier molecular flexibility index (Phi) is 5.70. The fraction of sp³-hybridized carbons (Fsp3) is 0.375. The van der Waals surface area contributed by atoms with Crippen molar-refractivity contribution in [3.63, 3.8) is 0 Å². The molecule has 1 fully saturated rings. The van der Waals surface area contributed by atoms with Crippen LogP contribution in [-0.4, -0.2) is 28.3 Å². The van der Waals surface area contributed by atoms with Crippen LogP contribution in [0.4, 0.5) is 10.1 Å². The molecule has 0 saturated heterocycles. The second kappa shape index (κ2) is 7.30. The number of aromatic nitrogens is 1. The molecule has 142 valence electrons. The lowest BCUT2D eigenvalue weighted by atomic mass is 10.1. The Morgan fingerprint density at radius 1 is 1.54 bits per heavy atom. The number of nitrogens with two attached hydrogens (primary N) is 2. The van der Waals surface area contributed by atoms with E-state index in [2.05, 4.69) is 0 Å². The first-order valence-corrected chi connectivity index (χ1v) is 8.11. The molecular formula is C16H18Cl2FN3O4. The number of hydrogen-bond acceptors (Lipinski definition) is 5. The van der Waals surface area contributed by atoms with Crippen molar-refractivity contribution in [1.82, 2.24) is 4.57 Å². The second-order valence-corrected chi connectivity index (χ2v) is 6.45. The number of pyridine rings is 1. The minimum absolute atomic E-state index is 0.